The number of amides is 2. The van der Waals surface area contributed by atoms with Gasteiger partial charge in [0.15, 0.2) is 6.61 Å². The lowest BCUT2D eigenvalue weighted by atomic mass is 10.0. The van der Waals surface area contributed by atoms with Crippen molar-refractivity contribution < 1.29 is 19.2 Å². The molecule has 0 radical (unpaired) electrons. The van der Waals surface area contributed by atoms with Crippen LogP contribution in [0.4, 0.5) is 11.4 Å². The van der Waals surface area contributed by atoms with Crippen LogP contribution < -0.4 is 15.0 Å². The number of hydrogen-bond acceptors (Lipinski definition) is 6. The lowest BCUT2D eigenvalue weighted by Gasteiger charge is -2.29. The molecule has 1 atom stereocenters. The van der Waals surface area contributed by atoms with E-state index in [2.05, 4.69) is 19.2 Å². The van der Waals surface area contributed by atoms with E-state index in [9.17, 15) is 19.7 Å². The van der Waals surface area contributed by atoms with Gasteiger partial charge in [0.25, 0.3) is 11.6 Å². The first kappa shape index (κ1) is 19.8. The average Bonchev–Trinajstić information content (AvgIpc) is 3.17. The van der Waals surface area contributed by atoms with Crippen LogP contribution >= 0.6 is 11.3 Å². The van der Waals surface area contributed by atoms with Gasteiger partial charge in [-0.25, -0.2) is 0 Å². The SMILES string of the molecule is CC(C)CC(NC(=O)CN1C(=O)COc2ccc([N+](=O)[O-])cc21)c1cccs1. The number of fused-ring (bicyclic) bond motifs is 1. The number of hydrogen-bond donors (Lipinski definition) is 1. The van der Waals surface area contributed by atoms with Gasteiger partial charge in [-0.15, -0.1) is 11.3 Å². The van der Waals surface area contributed by atoms with Crippen molar-refractivity contribution in [2.45, 2.75) is 26.3 Å². The molecule has 2 heterocycles. The first-order chi connectivity index (χ1) is 13.3. The summed E-state index contributed by atoms with van der Waals surface area (Å²) in [5.41, 5.74) is 0.0656. The maximum Gasteiger partial charge on any atom is 0.271 e. The minimum absolute atomic E-state index is 0.145. The van der Waals surface area contributed by atoms with Gasteiger partial charge in [0.05, 0.1) is 16.7 Å². The van der Waals surface area contributed by atoms with Crippen LogP contribution in [0.15, 0.2) is 35.7 Å². The number of anilines is 1. The highest BCUT2D eigenvalue weighted by atomic mass is 32.1. The normalized spacial score (nSPS) is 14.4. The molecule has 8 nitrogen and oxygen atoms in total. The van der Waals surface area contributed by atoms with Crippen LogP contribution in [-0.2, 0) is 9.59 Å². The third-order valence-electron chi connectivity index (χ3n) is 4.33. The summed E-state index contributed by atoms with van der Waals surface area (Å²) in [6, 6.07) is 7.76. The lowest BCUT2D eigenvalue weighted by molar-refractivity contribution is -0.384. The molecule has 1 aromatic carbocycles. The second-order valence-corrected chi connectivity index (χ2v) is 7.92. The molecule has 9 heteroatoms. The molecule has 1 N–H and O–H groups in total. The number of nitro benzene ring substituents is 1. The summed E-state index contributed by atoms with van der Waals surface area (Å²) < 4.78 is 5.33. The summed E-state index contributed by atoms with van der Waals surface area (Å²) in [7, 11) is 0. The summed E-state index contributed by atoms with van der Waals surface area (Å²) in [4.78, 5) is 37.8. The summed E-state index contributed by atoms with van der Waals surface area (Å²) in [6.07, 6.45) is 0.769. The van der Waals surface area contributed by atoms with Crippen molar-refractivity contribution in [3.63, 3.8) is 0 Å². The van der Waals surface area contributed by atoms with E-state index in [0.29, 0.717) is 11.7 Å². The molecular weight excluding hydrogens is 382 g/mol. The summed E-state index contributed by atoms with van der Waals surface area (Å²) in [5, 5.41) is 16.0. The average molecular weight is 403 g/mol. The Kier molecular flexibility index (Phi) is 5.93. The largest absolute Gasteiger partial charge is 0.482 e. The Morgan fingerprint density at radius 3 is 2.82 bits per heavy atom. The Balaban J connectivity index is 1.79. The Labute approximate surface area is 166 Å². The first-order valence-corrected chi connectivity index (χ1v) is 9.77. The van der Waals surface area contributed by atoms with E-state index in [4.69, 9.17) is 4.74 Å². The zero-order chi connectivity index (χ0) is 20.3. The molecule has 2 aromatic rings. The molecule has 0 bridgehead atoms. The monoisotopic (exact) mass is 403 g/mol. The third kappa shape index (κ3) is 4.48. The van der Waals surface area contributed by atoms with Gasteiger partial charge in [0.2, 0.25) is 5.91 Å². The van der Waals surface area contributed by atoms with E-state index in [0.717, 1.165) is 11.3 Å². The molecule has 1 unspecified atom stereocenters. The molecule has 1 aromatic heterocycles. The van der Waals surface area contributed by atoms with Gasteiger partial charge in [-0.05, 0) is 29.9 Å². The van der Waals surface area contributed by atoms with Crippen molar-refractivity contribution in [2.75, 3.05) is 18.1 Å². The number of ether oxygens (including phenoxy) is 1. The van der Waals surface area contributed by atoms with E-state index in [1.54, 1.807) is 11.3 Å². The number of carbonyl (C=O) groups is 2. The fourth-order valence-electron chi connectivity index (χ4n) is 3.07. The highest BCUT2D eigenvalue weighted by molar-refractivity contribution is 7.10. The fraction of sp³-hybridized carbons (Fsp3) is 0.368. The molecule has 0 fully saturated rings. The van der Waals surface area contributed by atoms with Gasteiger partial charge < -0.3 is 10.1 Å². The van der Waals surface area contributed by atoms with Gasteiger partial charge >= 0.3 is 0 Å². The summed E-state index contributed by atoms with van der Waals surface area (Å²) in [5.74, 6) is -0.0257. The molecule has 0 saturated carbocycles. The van der Waals surface area contributed by atoms with E-state index in [1.165, 1.54) is 23.1 Å². The van der Waals surface area contributed by atoms with E-state index in [1.807, 2.05) is 17.5 Å². The summed E-state index contributed by atoms with van der Waals surface area (Å²) >= 11 is 1.57. The summed E-state index contributed by atoms with van der Waals surface area (Å²) in [6.45, 7) is 3.72. The van der Waals surface area contributed by atoms with E-state index in [-0.39, 0.29) is 36.5 Å². The van der Waals surface area contributed by atoms with Gasteiger partial charge in [0, 0.05) is 17.0 Å². The molecule has 0 saturated heterocycles. The van der Waals surface area contributed by atoms with Crippen molar-refractivity contribution in [3.8, 4) is 5.75 Å². The molecule has 3 rings (SSSR count). The zero-order valence-corrected chi connectivity index (χ0v) is 16.4. The second-order valence-electron chi connectivity index (χ2n) is 6.94. The maximum atomic E-state index is 12.7. The fourth-order valence-corrected chi connectivity index (χ4v) is 3.86. The molecule has 1 aliphatic heterocycles. The van der Waals surface area contributed by atoms with Crippen LogP contribution in [0.2, 0.25) is 0 Å². The third-order valence-corrected chi connectivity index (χ3v) is 5.31. The highest BCUT2D eigenvalue weighted by Gasteiger charge is 2.30. The Morgan fingerprint density at radius 2 is 2.18 bits per heavy atom. The van der Waals surface area contributed by atoms with Gasteiger partial charge in [-0.1, -0.05) is 19.9 Å². The van der Waals surface area contributed by atoms with Crippen LogP contribution in [-0.4, -0.2) is 29.9 Å². The zero-order valence-electron chi connectivity index (χ0n) is 15.6. The van der Waals surface area contributed by atoms with Crippen molar-refractivity contribution in [2.24, 2.45) is 5.92 Å². The second kappa shape index (κ2) is 8.39. The predicted molar refractivity (Wildman–Crippen MR) is 106 cm³/mol. The molecule has 28 heavy (non-hydrogen) atoms. The molecule has 2 amide bonds. The maximum absolute atomic E-state index is 12.7. The molecule has 148 valence electrons. The predicted octanol–water partition coefficient (Wildman–Crippen LogP) is 3.29. The smallest absolute Gasteiger partial charge is 0.271 e. The minimum atomic E-state index is -0.549. The van der Waals surface area contributed by atoms with Crippen LogP contribution in [0.3, 0.4) is 0 Å². The standard InChI is InChI=1S/C19H21N3O5S/c1-12(2)8-14(17-4-3-7-28-17)20-18(23)10-21-15-9-13(22(25)26)5-6-16(15)27-11-19(21)24/h3-7,9,12,14H,8,10-11H2,1-2H3,(H,20,23). The number of carbonyl (C=O) groups excluding carboxylic acids is 2. The number of rotatable bonds is 7. The first-order valence-electron chi connectivity index (χ1n) is 8.89. The van der Waals surface area contributed by atoms with Gasteiger partial charge in [-0.3, -0.25) is 24.6 Å². The van der Waals surface area contributed by atoms with Crippen molar-refractivity contribution >= 4 is 34.5 Å². The van der Waals surface area contributed by atoms with Crippen molar-refractivity contribution in [1.82, 2.24) is 5.32 Å². The topological polar surface area (TPSA) is 102 Å². The number of nitro groups is 1. The lowest BCUT2D eigenvalue weighted by Crippen LogP contribution is -2.45. The Morgan fingerprint density at radius 1 is 1.39 bits per heavy atom. The number of nitrogens with zero attached hydrogens (tertiary/aromatic N) is 2. The highest BCUT2D eigenvalue weighted by Crippen LogP contribution is 2.35. The molecule has 0 aliphatic carbocycles. The quantitative estimate of drug-likeness (QED) is 0.565. The Bertz CT molecular complexity index is 882. The molecule has 0 spiro atoms. The number of nitrogens with one attached hydrogen (secondary N) is 1. The van der Waals surface area contributed by atoms with Crippen LogP contribution in [0.1, 0.15) is 31.2 Å². The van der Waals surface area contributed by atoms with Gasteiger partial charge in [-0.2, -0.15) is 0 Å². The van der Waals surface area contributed by atoms with Crippen molar-refractivity contribution in [1.29, 1.82) is 0 Å². The molecular formula is C19H21N3O5S. The van der Waals surface area contributed by atoms with Crippen LogP contribution in [0.5, 0.6) is 5.75 Å². The van der Waals surface area contributed by atoms with Crippen LogP contribution in [0.25, 0.3) is 0 Å². The minimum Gasteiger partial charge on any atom is -0.482 e. The number of thiophene rings is 1. The van der Waals surface area contributed by atoms with E-state index < -0.39 is 10.8 Å². The molecule has 1 aliphatic rings. The number of non-ortho nitro benzene ring substituents is 1. The van der Waals surface area contributed by atoms with E-state index >= 15 is 0 Å². The van der Waals surface area contributed by atoms with Crippen LogP contribution in [0, 0.1) is 16.0 Å². The van der Waals surface area contributed by atoms with Crippen molar-refractivity contribution in [3.05, 3.63) is 50.7 Å². The van der Waals surface area contributed by atoms with Gasteiger partial charge in [0.1, 0.15) is 12.3 Å². The Hall–Kier alpha value is -2.94. The number of benzene rings is 1.